The van der Waals surface area contributed by atoms with E-state index < -0.39 is 22.8 Å². The molecule has 0 aliphatic carbocycles. The Labute approximate surface area is 139 Å². The molecule has 10 nitrogen and oxygen atoms in total. The van der Waals surface area contributed by atoms with Crippen molar-refractivity contribution >= 4 is 0 Å². The standard InChI is InChI=1S/C15H13N3O7/c1-5-10(15(23)18(24)6(2)11(5)21)13-16-14(25-17-13)7-3-8(19)12(22)9(20)4-7/h3-4,19-22,24H,1-2H3/p+1. The Hall–Kier alpha value is -3.69. The summed E-state index contributed by atoms with van der Waals surface area (Å²) in [6, 6.07) is 2.22. The molecule has 0 amide bonds. The van der Waals surface area contributed by atoms with Gasteiger partial charge in [0, 0.05) is 5.56 Å². The maximum absolute atomic E-state index is 12.2. The van der Waals surface area contributed by atoms with Crippen molar-refractivity contribution in [1.29, 1.82) is 0 Å². The Morgan fingerprint density at radius 3 is 2.28 bits per heavy atom. The van der Waals surface area contributed by atoms with Crippen molar-refractivity contribution in [2.45, 2.75) is 13.8 Å². The molecule has 0 aliphatic heterocycles. The van der Waals surface area contributed by atoms with Crippen LogP contribution >= 0.6 is 0 Å². The molecule has 2 aromatic heterocycles. The van der Waals surface area contributed by atoms with Gasteiger partial charge >= 0.3 is 11.7 Å². The average molecular weight is 348 g/mol. The van der Waals surface area contributed by atoms with Crippen molar-refractivity contribution in [2.24, 2.45) is 0 Å². The Morgan fingerprint density at radius 2 is 1.68 bits per heavy atom. The number of nitrogens with zero attached hydrogens (tertiary/aromatic N) is 2. The third-order valence-electron chi connectivity index (χ3n) is 3.83. The number of benzene rings is 1. The lowest BCUT2D eigenvalue weighted by atomic mass is 10.1. The molecule has 0 unspecified atom stereocenters. The van der Waals surface area contributed by atoms with E-state index in [2.05, 4.69) is 10.1 Å². The van der Waals surface area contributed by atoms with Gasteiger partial charge in [-0.3, -0.25) is 4.79 Å². The minimum absolute atomic E-state index is 0.0247. The Morgan fingerprint density at radius 1 is 1.08 bits per heavy atom. The van der Waals surface area contributed by atoms with Gasteiger partial charge in [0.15, 0.2) is 22.4 Å². The van der Waals surface area contributed by atoms with Gasteiger partial charge in [0.25, 0.3) is 5.56 Å². The number of phenols is 3. The Balaban J connectivity index is 2.17. The van der Waals surface area contributed by atoms with Gasteiger partial charge in [-0.2, -0.15) is 4.98 Å². The molecule has 0 saturated heterocycles. The van der Waals surface area contributed by atoms with Crippen LogP contribution < -0.4 is 10.5 Å². The van der Waals surface area contributed by atoms with Gasteiger partial charge in [-0.25, -0.2) is 4.52 Å². The molecular weight excluding hydrogens is 334 g/mol. The summed E-state index contributed by atoms with van der Waals surface area (Å²) in [6.45, 7) is 2.84. The minimum Gasteiger partial charge on any atom is -0.506 e. The van der Waals surface area contributed by atoms with E-state index in [1.807, 2.05) is 0 Å². The van der Waals surface area contributed by atoms with Gasteiger partial charge < -0.3 is 25.6 Å². The van der Waals surface area contributed by atoms with Crippen LogP contribution in [0.2, 0.25) is 0 Å². The highest BCUT2D eigenvalue weighted by molar-refractivity contribution is 5.65. The van der Waals surface area contributed by atoms with Crippen molar-refractivity contribution in [2.75, 3.05) is 0 Å². The van der Waals surface area contributed by atoms with Crippen LogP contribution in [0.1, 0.15) is 11.3 Å². The quantitative estimate of drug-likeness (QED) is 0.333. The van der Waals surface area contributed by atoms with Crippen molar-refractivity contribution in [1.82, 2.24) is 9.89 Å². The van der Waals surface area contributed by atoms with Crippen LogP contribution in [0.15, 0.2) is 21.5 Å². The van der Waals surface area contributed by atoms with E-state index in [1.165, 1.54) is 13.8 Å². The summed E-state index contributed by atoms with van der Waals surface area (Å²) in [4.78, 5) is 14.9. The number of aromatic amines is 1. The molecule has 0 radical (unpaired) electrons. The fraction of sp³-hybridized carbons (Fsp3) is 0.133. The zero-order valence-electron chi connectivity index (χ0n) is 13.1. The minimum atomic E-state index is -0.819. The van der Waals surface area contributed by atoms with E-state index in [1.54, 1.807) is 0 Å². The highest BCUT2D eigenvalue weighted by Crippen LogP contribution is 2.38. The van der Waals surface area contributed by atoms with Crippen LogP contribution in [0.25, 0.3) is 22.8 Å². The second-order valence-corrected chi connectivity index (χ2v) is 5.40. The first kappa shape index (κ1) is 16.2. The van der Waals surface area contributed by atoms with Gasteiger partial charge in [-0.05, 0) is 26.0 Å². The Bertz CT molecular complexity index is 1030. The molecule has 2 heterocycles. The van der Waals surface area contributed by atoms with Gasteiger partial charge in [0.1, 0.15) is 11.3 Å². The summed E-state index contributed by atoms with van der Waals surface area (Å²) < 4.78 is 5.34. The molecule has 0 fully saturated rings. The van der Waals surface area contributed by atoms with Gasteiger partial charge in [0.2, 0.25) is 0 Å². The van der Waals surface area contributed by atoms with Crippen molar-refractivity contribution in [3.63, 3.8) is 0 Å². The molecule has 0 bridgehead atoms. The van der Waals surface area contributed by atoms with Crippen LogP contribution in [-0.4, -0.2) is 35.5 Å². The third-order valence-corrected chi connectivity index (χ3v) is 3.83. The van der Waals surface area contributed by atoms with Crippen LogP contribution in [0.5, 0.6) is 23.0 Å². The predicted molar refractivity (Wildman–Crippen MR) is 81.5 cm³/mol. The molecule has 25 heavy (non-hydrogen) atoms. The number of phenolic OH excluding ortho intramolecular Hbond substituents is 3. The number of hydrogen-bond donors (Lipinski definition) is 5. The summed E-state index contributed by atoms with van der Waals surface area (Å²) in [5.41, 5.74) is -0.637. The first-order valence-electron chi connectivity index (χ1n) is 7.01. The molecule has 3 rings (SSSR count). The lowest BCUT2D eigenvalue weighted by molar-refractivity contribution is -0.357. The molecule has 0 atom stereocenters. The molecular formula is C15H14N3O7+. The van der Waals surface area contributed by atoms with Crippen molar-refractivity contribution < 1.29 is 35.1 Å². The number of rotatable bonds is 2. The van der Waals surface area contributed by atoms with E-state index >= 15 is 0 Å². The van der Waals surface area contributed by atoms with E-state index in [0.29, 0.717) is 0 Å². The fourth-order valence-corrected chi connectivity index (χ4v) is 2.40. The van der Waals surface area contributed by atoms with Gasteiger partial charge in [-0.1, -0.05) is 0 Å². The van der Waals surface area contributed by atoms with E-state index in [0.717, 1.165) is 12.1 Å². The number of hydrogen-bond acceptors (Lipinski definition) is 8. The molecule has 1 aromatic carbocycles. The van der Waals surface area contributed by atoms with Crippen LogP contribution in [0.3, 0.4) is 0 Å². The summed E-state index contributed by atoms with van der Waals surface area (Å²) in [5, 5.41) is 51.9. The van der Waals surface area contributed by atoms with E-state index in [9.17, 15) is 30.4 Å². The largest absolute Gasteiger partial charge is 0.506 e. The monoisotopic (exact) mass is 348 g/mol. The lowest BCUT2D eigenvalue weighted by Crippen LogP contribution is -2.25. The zero-order valence-corrected chi connectivity index (χ0v) is 13.1. The average Bonchev–Trinajstić information content (AvgIpc) is 3.05. The molecule has 10 heteroatoms. The van der Waals surface area contributed by atoms with Crippen LogP contribution in [0.4, 0.5) is 0 Å². The number of nitrogens with one attached hydrogen (secondary N) is 1. The maximum atomic E-state index is 12.2. The fourth-order valence-electron chi connectivity index (χ4n) is 2.40. The van der Waals surface area contributed by atoms with Crippen molar-refractivity contribution in [3.8, 4) is 45.8 Å². The Kier molecular flexibility index (Phi) is 3.52. The highest BCUT2D eigenvalue weighted by atomic mass is 16.5. The maximum Gasteiger partial charge on any atom is 0.384 e. The number of H-pyrrole nitrogens is 1. The molecule has 0 aliphatic rings. The highest BCUT2D eigenvalue weighted by Gasteiger charge is 2.28. The molecule has 6 N–H and O–H groups in total. The first-order chi connectivity index (χ1) is 11.7. The molecule has 0 saturated carbocycles. The summed E-state index contributed by atoms with van der Waals surface area (Å²) in [5.74, 6) is -2.25. The topological polar surface area (TPSA) is 163 Å². The van der Waals surface area contributed by atoms with Gasteiger partial charge in [-0.15, -0.1) is 4.73 Å². The molecule has 0 spiro atoms. The lowest BCUT2D eigenvalue weighted by Gasteiger charge is -2.08. The number of pyridine rings is 1. The predicted octanol–water partition coefficient (Wildman–Crippen LogP) is 0.661. The number of aromatic nitrogens is 3. The van der Waals surface area contributed by atoms with Crippen LogP contribution in [0, 0.1) is 13.8 Å². The number of aromatic hydroxyl groups is 4. The van der Waals surface area contributed by atoms with E-state index in [-0.39, 0.29) is 44.6 Å². The van der Waals surface area contributed by atoms with Crippen molar-refractivity contribution in [3.05, 3.63) is 33.7 Å². The second kappa shape index (κ2) is 5.44. The van der Waals surface area contributed by atoms with E-state index in [4.69, 9.17) is 4.52 Å². The SMILES string of the molecule is Cc1c(O)c(C)n(O)c(=O)c1-c1noc(-c2cc(O)c(O)c(O)c2)[nH+]1. The summed E-state index contributed by atoms with van der Waals surface area (Å²) in [6.07, 6.45) is 0. The van der Waals surface area contributed by atoms with Crippen LogP contribution in [-0.2, 0) is 0 Å². The van der Waals surface area contributed by atoms with Gasteiger partial charge in [0.05, 0.1) is 11.3 Å². The third kappa shape index (κ3) is 2.40. The summed E-state index contributed by atoms with van der Waals surface area (Å²) in [7, 11) is 0. The molecule has 130 valence electrons. The zero-order chi connectivity index (χ0) is 18.5. The smallest absolute Gasteiger partial charge is 0.384 e. The normalized spacial score (nSPS) is 11.0. The summed E-state index contributed by atoms with van der Waals surface area (Å²) >= 11 is 0. The first-order valence-corrected chi connectivity index (χ1v) is 7.01. The molecule has 3 aromatic rings. The second-order valence-electron chi connectivity index (χ2n) is 5.40.